The number of anilines is 1. The largest absolute Gasteiger partial charge is 0.491 e. The summed E-state index contributed by atoms with van der Waals surface area (Å²) < 4.78 is 49.6. The summed E-state index contributed by atoms with van der Waals surface area (Å²) >= 11 is 5.84. The lowest BCUT2D eigenvalue weighted by Gasteiger charge is -2.18. The van der Waals surface area contributed by atoms with Crippen LogP contribution in [0.5, 0.6) is 11.5 Å². The number of aliphatic hydroxyl groups excluding tert-OH is 1. The minimum atomic E-state index is -4.53. The van der Waals surface area contributed by atoms with E-state index >= 15 is 0 Å². The predicted octanol–water partition coefficient (Wildman–Crippen LogP) is 3.92. The Labute approximate surface area is 180 Å². The Kier molecular flexibility index (Phi) is 6.86. The smallest absolute Gasteiger partial charge is 0.432 e. The molecule has 31 heavy (non-hydrogen) atoms. The summed E-state index contributed by atoms with van der Waals surface area (Å²) in [6.07, 6.45) is -2.93. The number of H-pyrrole nitrogens is 1. The maximum atomic E-state index is 12.9. The average molecular weight is 458 g/mol. The zero-order valence-corrected chi connectivity index (χ0v) is 17.3. The predicted molar refractivity (Wildman–Crippen MR) is 107 cm³/mol. The van der Waals surface area contributed by atoms with Gasteiger partial charge in [0.25, 0.3) is 0 Å². The topological polar surface area (TPSA) is 105 Å². The molecule has 0 spiro atoms. The van der Waals surface area contributed by atoms with Crippen molar-refractivity contribution in [3.05, 3.63) is 47.1 Å². The number of nitrogens with one attached hydrogen (secondary N) is 2. The second-order valence-electron chi connectivity index (χ2n) is 6.49. The van der Waals surface area contributed by atoms with Crippen LogP contribution in [0.1, 0.15) is 18.2 Å². The quantitative estimate of drug-likeness (QED) is 0.440. The molecule has 3 aromatic rings. The number of aromatic nitrogens is 4. The van der Waals surface area contributed by atoms with Gasteiger partial charge in [-0.15, -0.1) is 0 Å². The molecule has 12 heteroatoms. The van der Waals surface area contributed by atoms with Crippen LogP contribution in [0.25, 0.3) is 11.4 Å². The number of aromatic amines is 1. The molecule has 0 amide bonds. The normalized spacial score (nSPS) is 12.5. The van der Waals surface area contributed by atoms with Gasteiger partial charge in [0.1, 0.15) is 23.4 Å². The maximum Gasteiger partial charge on any atom is 0.432 e. The number of hydrogen-bond acceptors (Lipinski definition) is 7. The Balaban J connectivity index is 1.89. The van der Waals surface area contributed by atoms with Crippen molar-refractivity contribution < 1.29 is 27.8 Å². The van der Waals surface area contributed by atoms with E-state index < -0.39 is 18.0 Å². The van der Waals surface area contributed by atoms with E-state index in [9.17, 15) is 18.3 Å². The highest BCUT2D eigenvalue weighted by Gasteiger charge is 2.33. The number of imidazole rings is 1. The molecule has 166 valence electrons. The highest BCUT2D eigenvalue weighted by Crippen LogP contribution is 2.32. The van der Waals surface area contributed by atoms with Crippen LogP contribution in [-0.4, -0.2) is 44.9 Å². The molecule has 1 aromatic carbocycles. The lowest BCUT2D eigenvalue weighted by molar-refractivity contribution is -0.140. The molecule has 1 unspecified atom stereocenters. The van der Waals surface area contributed by atoms with Gasteiger partial charge < -0.3 is 24.9 Å². The second kappa shape index (κ2) is 9.40. The van der Waals surface area contributed by atoms with Gasteiger partial charge in [0.15, 0.2) is 11.6 Å². The van der Waals surface area contributed by atoms with E-state index in [0.29, 0.717) is 28.4 Å². The first kappa shape index (κ1) is 22.6. The maximum absolute atomic E-state index is 12.9. The van der Waals surface area contributed by atoms with Crippen molar-refractivity contribution >= 4 is 17.4 Å². The van der Waals surface area contributed by atoms with Crippen molar-refractivity contribution in [2.24, 2.45) is 0 Å². The number of hydrogen-bond donors (Lipinski definition) is 3. The average Bonchev–Trinajstić information content (AvgIpc) is 3.23. The van der Waals surface area contributed by atoms with Gasteiger partial charge in [0, 0.05) is 17.7 Å². The Morgan fingerprint density at radius 3 is 2.65 bits per heavy atom. The van der Waals surface area contributed by atoms with Crippen molar-refractivity contribution in [2.75, 3.05) is 19.0 Å². The Morgan fingerprint density at radius 1 is 1.23 bits per heavy atom. The van der Waals surface area contributed by atoms with E-state index in [0.717, 1.165) is 6.20 Å². The number of aliphatic hydroxyl groups is 1. The number of alkyl halides is 3. The fourth-order valence-corrected chi connectivity index (χ4v) is 2.76. The molecule has 3 rings (SSSR count). The first-order valence-electron chi connectivity index (χ1n) is 9.04. The third kappa shape index (κ3) is 5.56. The van der Waals surface area contributed by atoms with E-state index in [1.165, 1.54) is 13.3 Å². The molecule has 1 atom stereocenters. The molecule has 0 saturated heterocycles. The zero-order valence-electron chi connectivity index (χ0n) is 16.5. The third-order valence-electron chi connectivity index (χ3n) is 4.20. The molecule has 0 aliphatic heterocycles. The summed E-state index contributed by atoms with van der Waals surface area (Å²) in [7, 11) is 1.46. The molecule has 8 nitrogen and oxygen atoms in total. The van der Waals surface area contributed by atoms with E-state index in [4.69, 9.17) is 21.1 Å². The van der Waals surface area contributed by atoms with E-state index in [2.05, 4.69) is 25.3 Å². The fourth-order valence-electron chi connectivity index (χ4n) is 2.63. The van der Waals surface area contributed by atoms with Crippen LogP contribution in [0.15, 0.2) is 30.6 Å². The second-order valence-corrected chi connectivity index (χ2v) is 6.82. The van der Waals surface area contributed by atoms with Crippen molar-refractivity contribution in [1.29, 1.82) is 0 Å². The molecular weight excluding hydrogens is 439 g/mol. The summed E-state index contributed by atoms with van der Waals surface area (Å²) in [6, 6.07) is 4.83. The van der Waals surface area contributed by atoms with Gasteiger partial charge >= 0.3 is 6.18 Å². The molecule has 2 aromatic heterocycles. The number of rotatable bonds is 8. The van der Waals surface area contributed by atoms with E-state index in [1.807, 2.05) is 0 Å². The van der Waals surface area contributed by atoms with Crippen LogP contribution in [0.2, 0.25) is 5.28 Å². The van der Waals surface area contributed by atoms with E-state index in [1.54, 1.807) is 25.1 Å². The molecule has 0 saturated carbocycles. The van der Waals surface area contributed by atoms with Gasteiger partial charge in [0.2, 0.25) is 5.28 Å². The zero-order chi connectivity index (χ0) is 22.6. The molecule has 0 bridgehead atoms. The van der Waals surface area contributed by atoms with Crippen molar-refractivity contribution in [1.82, 2.24) is 19.9 Å². The van der Waals surface area contributed by atoms with Crippen molar-refractivity contribution in [3.8, 4) is 22.9 Å². The summed E-state index contributed by atoms with van der Waals surface area (Å²) in [5.74, 6) is 1.13. The van der Waals surface area contributed by atoms with Crippen LogP contribution in [0, 0.1) is 0 Å². The molecule has 2 heterocycles. The van der Waals surface area contributed by atoms with E-state index in [-0.39, 0.29) is 24.3 Å². The number of nitrogens with zero attached hydrogens (tertiary/aromatic N) is 3. The SMILES string of the molecule is COc1cnc(Cl)nc1NCc1ccc(-c2ncc(C(F)(F)F)[nH]2)cc1OC(C)CO. The number of benzene rings is 1. The first-order valence-corrected chi connectivity index (χ1v) is 9.42. The number of methoxy groups -OCH3 is 1. The highest BCUT2D eigenvalue weighted by atomic mass is 35.5. The van der Waals surface area contributed by atoms with Gasteiger partial charge in [-0.05, 0) is 24.6 Å². The Bertz CT molecular complexity index is 1040. The molecule has 0 radical (unpaired) electrons. The Morgan fingerprint density at radius 2 is 2.00 bits per heavy atom. The van der Waals surface area contributed by atoms with Crippen molar-refractivity contribution in [2.45, 2.75) is 25.7 Å². The third-order valence-corrected chi connectivity index (χ3v) is 4.38. The minimum absolute atomic E-state index is 0.0299. The van der Waals surface area contributed by atoms with Gasteiger partial charge in [0.05, 0.1) is 26.1 Å². The minimum Gasteiger partial charge on any atom is -0.491 e. The number of ether oxygens (including phenoxy) is 2. The lowest BCUT2D eigenvalue weighted by Crippen LogP contribution is -2.17. The van der Waals surface area contributed by atoms with Crippen LogP contribution in [0.4, 0.5) is 19.0 Å². The molecule has 0 fully saturated rings. The molecule has 0 aliphatic carbocycles. The summed E-state index contributed by atoms with van der Waals surface area (Å²) in [4.78, 5) is 14.0. The monoisotopic (exact) mass is 457 g/mol. The molecule has 3 N–H and O–H groups in total. The van der Waals surface area contributed by atoms with Crippen molar-refractivity contribution in [3.63, 3.8) is 0 Å². The summed E-state index contributed by atoms with van der Waals surface area (Å²) in [5, 5.41) is 12.4. The standard InChI is InChI=1S/C19H19ClF3N5O3/c1-10(9-29)31-13-5-11(16-25-8-15(27-16)19(21,22)23)3-4-12(13)6-24-17-14(30-2)7-26-18(20)28-17/h3-5,7-8,10,29H,6,9H2,1-2H3,(H,25,27)(H,24,26,28). The molecular formula is C19H19ClF3N5O3. The number of halogens is 4. The Hall–Kier alpha value is -3.05. The summed E-state index contributed by atoms with van der Waals surface area (Å²) in [5.41, 5.74) is 0.0951. The van der Waals surface area contributed by atoms with Crippen LogP contribution < -0.4 is 14.8 Å². The van der Waals surface area contributed by atoms with Crippen LogP contribution in [0.3, 0.4) is 0 Å². The summed E-state index contributed by atoms with van der Waals surface area (Å²) in [6.45, 7) is 1.64. The van der Waals surface area contributed by atoms with Gasteiger partial charge in [-0.1, -0.05) is 12.1 Å². The van der Waals surface area contributed by atoms with Crippen LogP contribution >= 0.6 is 11.6 Å². The van der Waals surface area contributed by atoms with Gasteiger partial charge in [-0.25, -0.2) is 9.97 Å². The van der Waals surface area contributed by atoms with Gasteiger partial charge in [-0.3, -0.25) is 0 Å². The first-order chi connectivity index (χ1) is 14.7. The van der Waals surface area contributed by atoms with Crippen LogP contribution in [-0.2, 0) is 12.7 Å². The molecule has 0 aliphatic rings. The highest BCUT2D eigenvalue weighted by molar-refractivity contribution is 6.28. The fraction of sp³-hybridized carbons (Fsp3) is 0.316. The van der Waals surface area contributed by atoms with Gasteiger partial charge in [-0.2, -0.15) is 18.2 Å². The lowest BCUT2D eigenvalue weighted by atomic mass is 10.1.